The third-order valence-corrected chi connectivity index (χ3v) is 2.74. The van der Waals surface area contributed by atoms with Crippen LogP contribution in [0.25, 0.3) is 0 Å². The highest BCUT2D eigenvalue weighted by Crippen LogP contribution is 2.25. The van der Waals surface area contributed by atoms with E-state index >= 15 is 0 Å². The molecule has 0 aromatic carbocycles. The number of aliphatic carboxylic acids is 1. The van der Waals surface area contributed by atoms with Crippen molar-refractivity contribution in [2.75, 3.05) is 6.54 Å². The molecule has 86 valence electrons. The summed E-state index contributed by atoms with van der Waals surface area (Å²) in [6, 6.07) is -0.408. The molecule has 1 aliphatic carbocycles. The van der Waals surface area contributed by atoms with Crippen LogP contribution in [0.3, 0.4) is 0 Å². The van der Waals surface area contributed by atoms with E-state index in [4.69, 9.17) is 5.11 Å². The molecular weight excluding hydrogens is 196 g/mol. The predicted octanol–water partition coefficient (Wildman–Crippen LogP) is 0.949. The summed E-state index contributed by atoms with van der Waals surface area (Å²) in [5, 5.41) is 13.9. The molecule has 1 rings (SSSR count). The topological polar surface area (TPSA) is 78.4 Å². The Morgan fingerprint density at radius 1 is 1.40 bits per heavy atom. The van der Waals surface area contributed by atoms with Crippen molar-refractivity contribution < 1.29 is 14.7 Å². The number of carbonyl (C=O) groups is 2. The predicted molar refractivity (Wildman–Crippen MR) is 55.6 cm³/mol. The molecule has 0 spiro atoms. The van der Waals surface area contributed by atoms with Crippen molar-refractivity contribution in [1.29, 1.82) is 0 Å². The molecule has 3 N–H and O–H groups in total. The monoisotopic (exact) mass is 214 g/mol. The van der Waals surface area contributed by atoms with E-state index < -0.39 is 17.5 Å². The van der Waals surface area contributed by atoms with Gasteiger partial charge in [0.1, 0.15) is 5.54 Å². The Morgan fingerprint density at radius 3 is 2.40 bits per heavy atom. The number of urea groups is 1. The molecule has 2 amide bonds. The van der Waals surface area contributed by atoms with Crippen LogP contribution in [0.2, 0.25) is 0 Å². The maximum atomic E-state index is 11.3. The lowest BCUT2D eigenvalue weighted by atomic mass is 9.85. The molecule has 0 radical (unpaired) electrons. The number of rotatable bonds is 4. The van der Waals surface area contributed by atoms with Crippen LogP contribution in [0.4, 0.5) is 4.79 Å². The Kier molecular flexibility index (Phi) is 3.55. The molecule has 0 unspecified atom stereocenters. The van der Waals surface area contributed by atoms with E-state index in [-0.39, 0.29) is 0 Å². The second-order valence-corrected chi connectivity index (χ2v) is 4.56. The molecule has 1 saturated carbocycles. The summed E-state index contributed by atoms with van der Waals surface area (Å²) in [4.78, 5) is 22.0. The van der Waals surface area contributed by atoms with Gasteiger partial charge in [-0.25, -0.2) is 9.59 Å². The second-order valence-electron chi connectivity index (χ2n) is 4.56. The molecular formula is C10H18N2O3. The highest BCUT2D eigenvalue weighted by atomic mass is 16.4. The number of carbonyl (C=O) groups excluding carboxylic acids is 1. The van der Waals surface area contributed by atoms with Crippen LogP contribution < -0.4 is 10.6 Å². The van der Waals surface area contributed by atoms with Gasteiger partial charge in [0.2, 0.25) is 0 Å². The number of nitrogens with one attached hydrogen (secondary N) is 2. The van der Waals surface area contributed by atoms with Gasteiger partial charge in [0.15, 0.2) is 0 Å². The average Bonchev–Trinajstić information content (AvgIpc) is 1.99. The molecule has 0 saturated heterocycles. The molecule has 0 atom stereocenters. The highest BCUT2D eigenvalue weighted by molar-refractivity contribution is 5.85. The fourth-order valence-corrected chi connectivity index (χ4v) is 1.32. The lowest BCUT2D eigenvalue weighted by Gasteiger charge is -2.27. The first-order valence-electron chi connectivity index (χ1n) is 5.21. The Balaban J connectivity index is 2.25. The van der Waals surface area contributed by atoms with Gasteiger partial charge >= 0.3 is 12.0 Å². The van der Waals surface area contributed by atoms with Crippen molar-refractivity contribution in [1.82, 2.24) is 10.6 Å². The summed E-state index contributed by atoms with van der Waals surface area (Å²) in [6.07, 6.45) is 3.54. The summed E-state index contributed by atoms with van der Waals surface area (Å²) in [5.74, 6) is -0.468. The second kappa shape index (κ2) is 4.51. The SMILES string of the molecule is CC(C)(NC(=O)NCC1CCC1)C(=O)O. The standard InChI is InChI=1S/C10H18N2O3/c1-10(2,8(13)14)12-9(15)11-6-7-4-3-5-7/h7H,3-6H2,1-2H3,(H,13,14)(H2,11,12,15). The van der Waals surface area contributed by atoms with Crippen LogP contribution in [0.5, 0.6) is 0 Å². The number of carboxylic acids is 1. The van der Waals surface area contributed by atoms with Crippen molar-refractivity contribution in [2.45, 2.75) is 38.6 Å². The largest absolute Gasteiger partial charge is 0.480 e. The molecule has 5 heteroatoms. The first-order valence-corrected chi connectivity index (χ1v) is 5.21. The molecule has 15 heavy (non-hydrogen) atoms. The number of hydrogen-bond donors (Lipinski definition) is 3. The zero-order chi connectivity index (χ0) is 11.5. The lowest BCUT2D eigenvalue weighted by molar-refractivity contribution is -0.142. The maximum absolute atomic E-state index is 11.3. The zero-order valence-corrected chi connectivity index (χ0v) is 9.17. The van der Waals surface area contributed by atoms with Crippen LogP contribution in [-0.4, -0.2) is 29.2 Å². The van der Waals surface area contributed by atoms with Crippen molar-refractivity contribution in [2.24, 2.45) is 5.92 Å². The van der Waals surface area contributed by atoms with E-state index in [0.717, 1.165) is 12.8 Å². The van der Waals surface area contributed by atoms with Gasteiger partial charge in [0.05, 0.1) is 0 Å². The van der Waals surface area contributed by atoms with Crippen LogP contribution in [-0.2, 0) is 4.79 Å². The third-order valence-electron chi connectivity index (χ3n) is 2.74. The van der Waals surface area contributed by atoms with Gasteiger partial charge in [0.25, 0.3) is 0 Å². The number of amides is 2. The summed E-state index contributed by atoms with van der Waals surface area (Å²) in [5.41, 5.74) is -1.22. The number of carboxylic acid groups (broad SMARTS) is 1. The van der Waals surface area contributed by atoms with E-state index in [1.807, 2.05) is 0 Å². The molecule has 0 aromatic heterocycles. The smallest absolute Gasteiger partial charge is 0.328 e. The molecule has 0 bridgehead atoms. The van der Waals surface area contributed by atoms with Crippen molar-refractivity contribution >= 4 is 12.0 Å². The van der Waals surface area contributed by atoms with E-state index in [2.05, 4.69) is 10.6 Å². The van der Waals surface area contributed by atoms with Crippen LogP contribution in [0.1, 0.15) is 33.1 Å². The lowest BCUT2D eigenvalue weighted by Crippen LogP contribution is -2.53. The first kappa shape index (κ1) is 11.8. The fraction of sp³-hybridized carbons (Fsp3) is 0.800. The minimum Gasteiger partial charge on any atom is -0.480 e. The first-order chi connectivity index (χ1) is 6.92. The normalized spacial score (nSPS) is 16.7. The van der Waals surface area contributed by atoms with Gasteiger partial charge in [-0.15, -0.1) is 0 Å². The Hall–Kier alpha value is -1.26. The van der Waals surface area contributed by atoms with Crippen molar-refractivity contribution in [3.8, 4) is 0 Å². The Labute approximate surface area is 89.2 Å². The average molecular weight is 214 g/mol. The Morgan fingerprint density at radius 2 is 2.00 bits per heavy atom. The van der Waals surface area contributed by atoms with E-state index in [0.29, 0.717) is 12.5 Å². The van der Waals surface area contributed by atoms with E-state index in [1.54, 1.807) is 0 Å². The molecule has 0 aromatic rings. The van der Waals surface area contributed by atoms with Gasteiger partial charge in [-0.1, -0.05) is 6.42 Å². The molecule has 1 aliphatic rings. The molecule has 0 heterocycles. The van der Waals surface area contributed by atoms with Crippen molar-refractivity contribution in [3.05, 3.63) is 0 Å². The molecule has 5 nitrogen and oxygen atoms in total. The quantitative estimate of drug-likeness (QED) is 0.652. The van der Waals surface area contributed by atoms with Crippen LogP contribution >= 0.6 is 0 Å². The summed E-state index contributed by atoms with van der Waals surface area (Å²) in [7, 11) is 0. The zero-order valence-electron chi connectivity index (χ0n) is 9.17. The van der Waals surface area contributed by atoms with Gasteiger partial charge in [0, 0.05) is 6.54 Å². The molecule has 0 aliphatic heterocycles. The Bertz CT molecular complexity index is 259. The summed E-state index contributed by atoms with van der Waals surface area (Å²) in [6.45, 7) is 3.55. The van der Waals surface area contributed by atoms with E-state index in [1.165, 1.54) is 20.3 Å². The van der Waals surface area contributed by atoms with Gasteiger partial charge < -0.3 is 15.7 Å². The maximum Gasteiger partial charge on any atom is 0.328 e. The highest BCUT2D eigenvalue weighted by Gasteiger charge is 2.29. The fourth-order valence-electron chi connectivity index (χ4n) is 1.32. The molecule has 1 fully saturated rings. The summed E-state index contributed by atoms with van der Waals surface area (Å²) < 4.78 is 0. The van der Waals surface area contributed by atoms with Crippen molar-refractivity contribution in [3.63, 3.8) is 0 Å². The minimum atomic E-state index is -1.22. The van der Waals surface area contributed by atoms with Gasteiger partial charge in [-0.3, -0.25) is 0 Å². The van der Waals surface area contributed by atoms with Gasteiger partial charge in [-0.2, -0.15) is 0 Å². The van der Waals surface area contributed by atoms with Crippen LogP contribution in [0, 0.1) is 5.92 Å². The van der Waals surface area contributed by atoms with Gasteiger partial charge in [-0.05, 0) is 32.6 Å². The number of hydrogen-bond acceptors (Lipinski definition) is 2. The van der Waals surface area contributed by atoms with Crippen LogP contribution in [0.15, 0.2) is 0 Å². The van der Waals surface area contributed by atoms with E-state index in [9.17, 15) is 9.59 Å². The minimum absolute atomic E-state index is 0.408. The summed E-state index contributed by atoms with van der Waals surface area (Å²) >= 11 is 0. The third kappa shape index (κ3) is 3.42.